The van der Waals surface area contributed by atoms with Crippen LogP contribution in [0.25, 0.3) is 0 Å². The highest BCUT2D eigenvalue weighted by Crippen LogP contribution is 2.13. The average Bonchev–Trinajstić information content (AvgIpc) is 2.42. The highest BCUT2D eigenvalue weighted by atomic mass is 32.2. The molecule has 6 nitrogen and oxygen atoms in total. The third-order valence-corrected chi connectivity index (χ3v) is 2.86. The highest BCUT2D eigenvalue weighted by molar-refractivity contribution is 7.99. The third kappa shape index (κ3) is 4.70. The number of esters is 1. The molecule has 98 valence electrons. The second kappa shape index (κ2) is 7.65. The molecule has 1 aromatic heterocycles. The SMILES string of the molecule is CCCNC(=O)CSc1cnc(C(=O)OC)cn1. The molecule has 1 rings (SSSR count). The second-order valence-electron chi connectivity index (χ2n) is 3.37. The molecular formula is C11H15N3O3S. The summed E-state index contributed by atoms with van der Waals surface area (Å²) in [5, 5.41) is 3.35. The van der Waals surface area contributed by atoms with Crippen LogP contribution in [0.5, 0.6) is 0 Å². The minimum Gasteiger partial charge on any atom is -0.464 e. The number of hydrogen-bond acceptors (Lipinski definition) is 6. The first-order valence-electron chi connectivity index (χ1n) is 5.47. The predicted octanol–water partition coefficient (Wildman–Crippen LogP) is 0.881. The molecule has 0 aromatic carbocycles. The van der Waals surface area contributed by atoms with Crippen LogP contribution in [0.15, 0.2) is 17.4 Å². The van der Waals surface area contributed by atoms with Gasteiger partial charge in [0, 0.05) is 6.54 Å². The fourth-order valence-electron chi connectivity index (χ4n) is 1.06. The summed E-state index contributed by atoms with van der Waals surface area (Å²) in [6.45, 7) is 2.66. The molecule has 0 aliphatic heterocycles. The number of carbonyl (C=O) groups excluding carboxylic acids is 2. The fraction of sp³-hybridized carbons (Fsp3) is 0.455. The minimum absolute atomic E-state index is 0.0410. The van der Waals surface area contributed by atoms with Crippen LogP contribution in [0.4, 0.5) is 0 Å². The first-order chi connectivity index (χ1) is 8.67. The van der Waals surface area contributed by atoms with E-state index in [9.17, 15) is 9.59 Å². The quantitative estimate of drug-likeness (QED) is 0.610. The van der Waals surface area contributed by atoms with E-state index in [1.807, 2.05) is 6.92 Å². The number of carbonyl (C=O) groups is 2. The zero-order valence-corrected chi connectivity index (χ0v) is 11.1. The summed E-state index contributed by atoms with van der Waals surface area (Å²) in [5.41, 5.74) is 0.150. The molecule has 0 saturated carbocycles. The lowest BCUT2D eigenvalue weighted by Crippen LogP contribution is -2.25. The first kappa shape index (κ1) is 14.4. The molecule has 18 heavy (non-hydrogen) atoms. The van der Waals surface area contributed by atoms with Crippen LogP contribution in [-0.2, 0) is 9.53 Å². The van der Waals surface area contributed by atoms with Gasteiger partial charge in [-0.15, -0.1) is 0 Å². The molecule has 1 amide bonds. The van der Waals surface area contributed by atoms with Gasteiger partial charge in [-0.2, -0.15) is 0 Å². The molecule has 7 heteroatoms. The minimum atomic E-state index is -0.528. The zero-order valence-electron chi connectivity index (χ0n) is 10.3. The Hall–Kier alpha value is -1.63. The molecule has 0 bridgehead atoms. The number of amides is 1. The van der Waals surface area contributed by atoms with E-state index < -0.39 is 5.97 Å². The summed E-state index contributed by atoms with van der Waals surface area (Å²) >= 11 is 1.27. The Morgan fingerprint density at radius 3 is 2.72 bits per heavy atom. The van der Waals surface area contributed by atoms with E-state index in [2.05, 4.69) is 20.0 Å². The molecule has 0 atom stereocenters. The molecule has 0 aliphatic carbocycles. The number of aromatic nitrogens is 2. The van der Waals surface area contributed by atoms with Crippen molar-refractivity contribution in [1.82, 2.24) is 15.3 Å². The molecule has 0 unspecified atom stereocenters. The van der Waals surface area contributed by atoms with Gasteiger partial charge in [-0.1, -0.05) is 18.7 Å². The van der Waals surface area contributed by atoms with Crippen molar-refractivity contribution in [3.8, 4) is 0 Å². The van der Waals surface area contributed by atoms with Gasteiger partial charge in [0.2, 0.25) is 5.91 Å². The molecule has 1 aromatic rings. The van der Waals surface area contributed by atoms with Crippen LogP contribution in [0.2, 0.25) is 0 Å². The molecule has 1 N–H and O–H groups in total. The molecule has 1 heterocycles. The van der Waals surface area contributed by atoms with E-state index in [4.69, 9.17) is 0 Å². The Morgan fingerprint density at radius 1 is 1.39 bits per heavy atom. The maximum absolute atomic E-state index is 11.3. The normalized spacial score (nSPS) is 9.89. The number of methoxy groups -OCH3 is 1. The van der Waals surface area contributed by atoms with Crippen LogP contribution in [0.3, 0.4) is 0 Å². The van der Waals surface area contributed by atoms with Crippen LogP contribution in [-0.4, -0.2) is 41.3 Å². The van der Waals surface area contributed by atoms with Gasteiger partial charge in [-0.3, -0.25) is 4.79 Å². The predicted molar refractivity (Wildman–Crippen MR) is 67.4 cm³/mol. The van der Waals surface area contributed by atoms with E-state index in [1.165, 1.54) is 31.3 Å². The van der Waals surface area contributed by atoms with Gasteiger partial charge in [0.05, 0.1) is 25.3 Å². The maximum atomic E-state index is 11.3. The summed E-state index contributed by atoms with van der Waals surface area (Å²) in [6.07, 6.45) is 3.69. The Bertz CT molecular complexity index is 408. The van der Waals surface area contributed by atoms with Gasteiger partial charge in [0.15, 0.2) is 5.69 Å². The summed E-state index contributed by atoms with van der Waals surface area (Å²) < 4.78 is 4.51. The number of nitrogens with one attached hydrogen (secondary N) is 1. The Balaban J connectivity index is 2.44. The van der Waals surface area contributed by atoms with Gasteiger partial charge < -0.3 is 10.1 Å². The smallest absolute Gasteiger partial charge is 0.358 e. The monoisotopic (exact) mass is 269 g/mol. The van der Waals surface area contributed by atoms with Crippen molar-refractivity contribution in [3.63, 3.8) is 0 Å². The Kier molecular flexibility index (Phi) is 6.13. The van der Waals surface area contributed by atoms with Crippen LogP contribution in [0.1, 0.15) is 23.8 Å². The van der Waals surface area contributed by atoms with Crippen LogP contribution in [0, 0.1) is 0 Å². The highest BCUT2D eigenvalue weighted by Gasteiger charge is 2.08. The summed E-state index contributed by atoms with van der Waals surface area (Å²) in [4.78, 5) is 30.4. The van der Waals surface area contributed by atoms with E-state index in [1.54, 1.807) is 0 Å². The third-order valence-electron chi connectivity index (χ3n) is 1.95. The molecule has 0 saturated heterocycles. The van der Waals surface area contributed by atoms with E-state index in [0.29, 0.717) is 11.6 Å². The maximum Gasteiger partial charge on any atom is 0.358 e. The number of ether oxygens (including phenoxy) is 1. The van der Waals surface area contributed by atoms with Gasteiger partial charge >= 0.3 is 5.97 Å². The summed E-state index contributed by atoms with van der Waals surface area (Å²) in [5.74, 6) is -0.285. The van der Waals surface area contributed by atoms with Crippen molar-refractivity contribution in [2.45, 2.75) is 18.4 Å². The van der Waals surface area contributed by atoms with E-state index in [0.717, 1.165) is 6.42 Å². The van der Waals surface area contributed by atoms with Crippen LogP contribution >= 0.6 is 11.8 Å². The Morgan fingerprint density at radius 2 is 2.17 bits per heavy atom. The largest absolute Gasteiger partial charge is 0.464 e. The topological polar surface area (TPSA) is 81.2 Å². The second-order valence-corrected chi connectivity index (χ2v) is 4.37. The van der Waals surface area contributed by atoms with Gasteiger partial charge in [0.1, 0.15) is 5.03 Å². The van der Waals surface area contributed by atoms with Crippen molar-refractivity contribution < 1.29 is 14.3 Å². The van der Waals surface area contributed by atoms with E-state index in [-0.39, 0.29) is 17.4 Å². The average molecular weight is 269 g/mol. The molecule has 0 aliphatic rings. The van der Waals surface area contributed by atoms with Crippen molar-refractivity contribution in [3.05, 3.63) is 18.1 Å². The number of nitrogens with zero attached hydrogens (tertiary/aromatic N) is 2. The molecule has 0 spiro atoms. The van der Waals surface area contributed by atoms with E-state index >= 15 is 0 Å². The number of rotatable bonds is 6. The fourth-order valence-corrected chi connectivity index (χ4v) is 1.69. The molecule has 0 radical (unpaired) electrons. The first-order valence-corrected chi connectivity index (χ1v) is 6.45. The van der Waals surface area contributed by atoms with Crippen LogP contribution < -0.4 is 5.32 Å². The van der Waals surface area contributed by atoms with Gasteiger partial charge in [-0.05, 0) is 6.42 Å². The summed E-state index contributed by atoms with van der Waals surface area (Å²) in [6, 6.07) is 0. The molecule has 0 fully saturated rings. The summed E-state index contributed by atoms with van der Waals surface area (Å²) in [7, 11) is 1.28. The lowest BCUT2D eigenvalue weighted by atomic mass is 10.5. The molecular weight excluding hydrogens is 254 g/mol. The van der Waals surface area contributed by atoms with Gasteiger partial charge in [-0.25, -0.2) is 14.8 Å². The lowest BCUT2D eigenvalue weighted by molar-refractivity contribution is -0.118. The van der Waals surface area contributed by atoms with Crippen molar-refractivity contribution in [2.24, 2.45) is 0 Å². The lowest BCUT2D eigenvalue weighted by Gasteiger charge is -2.03. The number of hydrogen-bond donors (Lipinski definition) is 1. The number of thioether (sulfide) groups is 1. The van der Waals surface area contributed by atoms with Gasteiger partial charge in [0.25, 0.3) is 0 Å². The van der Waals surface area contributed by atoms with Crippen molar-refractivity contribution in [2.75, 3.05) is 19.4 Å². The standard InChI is InChI=1S/C11H15N3O3S/c1-3-4-12-9(15)7-18-10-6-13-8(5-14-10)11(16)17-2/h5-6H,3-4,7H2,1-2H3,(H,12,15). The zero-order chi connectivity index (χ0) is 13.4. The Labute approximate surface area is 110 Å². The van der Waals surface area contributed by atoms with Crippen molar-refractivity contribution >= 4 is 23.6 Å². The van der Waals surface area contributed by atoms with Crippen molar-refractivity contribution in [1.29, 1.82) is 0 Å².